The molecule has 2 heterocycles. The summed E-state index contributed by atoms with van der Waals surface area (Å²) in [5, 5.41) is 12.0. The Morgan fingerprint density at radius 2 is 1.75 bits per heavy atom. The highest BCUT2D eigenvalue weighted by Gasteiger charge is 2.15. The summed E-state index contributed by atoms with van der Waals surface area (Å²) in [7, 11) is 0. The van der Waals surface area contributed by atoms with Crippen molar-refractivity contribution in [3.05, 3.63) is 26.8 Å². The summed E-state index contributed by atoms with van der Waals surface area (Å²) in [6, 6.07) is 0. The second kappa shape index (κ2) is 4.16. The van der Waals surface area contributed by atoms with Crippen molar-refractivity contribution in [1.29, 1.82) is 0 Å². The van der Waals surface area contributed by atoms with Crippen LogP contribution in [0.4, 0.5) is 0 Å². The lowest BCUT2D eigenvalue weighted by molar-refractivity contribution is 0.782. The van der Waals surface area contributed by atoms with E-state index in [-0.39, 0.29) is 10.4 Å². The van der Waals surface area contributed by atoms with E-state index in [1.54, 1.807) is 13.8 Å². The van der Waals surface area contributed by atoms with Gasteiger partial charge < -0.3 is 0 Å². The molecule has 0 bridgehead atoms. The maximum Gasteiger partial charge on any atom is 0.245 e. The van der Waals surface area contributed by atoms with Crippen LogP contribution < -0.4 is 0 Å². The third kappa shape index (κ3) is 1.86. The molecule has 2 aromatic rings. The summed E-state index contributed by atoms with van der Waals surface area (Å²) < 4.78 is 1.49. The topological polar surface area (TPSA) is 56.5 Å². The minimum atomic E-state index is 0.00285. The smallest absolute Gasteiger partial charge is 0.215 e. The Hall–Kier alpha value is -0.910. The fraction of sp³-hybridized carbons (Fsp3) is 0.250. The zero-order chi connectivity index (χ0) is 11.9. The van der Waals surface area contributed by atoms with Gasteiger partial charge in [0.05, 0.1) is 16.4 Å². The second-order valence-corrected chi connectivity index (χ2v) is 4.17. The Labute approximate surface area is 106 Å². The molecule has 2 rings (SSSR count). The van der Waals surface area contributed by atoms with E-state index in [2.05, 4.69) is 20.3 Å². The second-order valence-electron chi connectivity index (χ2n) is 3.09. The van der Waals surface area contributed by atoms with Crippen LogP contribution in [0.1, 0.15) is 11.4 Å². The number of rotatable bonds is 1. The summed E-state index contributed by atoms with van der Waals surface area (Å²) in [5.74, 6) is 0.314. The zero-order valence-corrected chi connectivity index (χ0v) is 10.6. The first-order valence-corrected chi connectivity index (χ1v) is 5.42. The van der Waals surface area contributed by atoms with Crippen LogP contribution >= 0.6 is 34.8 Å². The summed E-state index contributed by atoms with van der Waals surface area (Å²) in [6.07, 6.45) is 0. The maximum atomic E-state index is 6.02. The van der Waals surface area contributed by atoms with E-state index in [0.717, 1.165) is 5.69 Å². The number of nitrogens with zero attached hydrogens (tertiary/aromatic N) is 5. The van der Waals surface area contributed by atoms with Crippen molar-refractivity contribution >= 4 is 34.8 Å². The van der Waals surface area contributed by atoms with Gasteiger partial charge in [-0.2, -0.15) is 10.1 Å². The summed E-state index contributed by atoms with van der Waals surface area (Å²) in [4.78, 5) is 3.96. The molecule has 0 aromatic carbocycles. The van der Waals surface area contributed by atoms with Crippen LogP contribution in [0, 0.1) is 13.8 Å². The number of hydrogen-bond donors (Lipinski definition) is 0. The van der Waals surface area contributed by atoms with Crippen LogP contribution in [-0.4, -0.2) is 25.0 Å². The highest BCUT2D eigenvalue weighted by molar-refractivity contribution is 6.32. The summed E-state index contributed by atoms with van der Waals surface area (Å²) >= 11 is 17.5. The molecule has 0 N–H and O–H groups in total. The molecule has 0 spiro atoms. The maximum absolute atomic E-state index is 6.02. The Balaban J connectivity index is 2.67. The van der Waals surface area contributed by atoms with Crippen molar-refractivity contribution in [3.8, 4) is 5.82 Å². The van der Waals surface area contributed by atoms with Crippen LogP contribution in [0.2, 0.25) is 15.5 Å². The molecule has 0 aliphatic rings. The number of aromatic nitrogens is 5. The summed E-state index contributed by atoms with van der Waals surface area (Å²) in [6.45, 7) is 3.59. The largest absolute Gasteiger partial charge is 0.245 e. The first kappa shape index (κ1) is 11.6. The Kier molecular flexibility index (Phi) is 3.01. The van der Waals surface area contributed by atoms with Gasteiger partial charge in [-0.3, -0.25) is 0 Å². The van der Waals surface area contributed by atoms with Gasteiger partial charge in [0, 0.05) is 0 Å². The van der Waals surface area contributed by atoms with E-state index in [1.807, 2.05) is 0 Å². The average molecular weight is 279 g/mol. The van der Waals surface area contributed by atoms with E-state index < -0.39 is 0 Å². The molecule has 16 heavy (non-hydrogen) atoms. The molecule has 2 aromatic heterocycles. The van der Waals surface area contributed by atoms with E-state index in [9.17, 15) is 0 Å². The highest BCUT2D eigenvalue weighted by atomic mass is 35.5. The van der Waals surface area contributed by atoms with Gasteiger partial charge in [0.2, 0.25) is 5.28 Å². The van der Waals surface area contributed by atoms with E-state index in [0.29, 0.717) is 16.5 Å². The SMILES string of the molecule is Cc1nn(-c2nc(Cl)nnc2Cl)c(C)c1Cl. The molecule has 0 aliphatic heterocycles. The molecule has 0 saturated heterocycles. The van der Waals surface area contributed by atoms with Gasteiger partial charge in [0.15, 0.2) is 11.0 Å². The first-order chi connectivity index (χ1) is 7.50. The van der Waals surface area contributed by atoms with Crippen molar-refractivity contribution in [3.63, 3.8) is 0 Å². The lowest BCUT2D eigenvalue weighted by atomic mass is 10.4. The first-order valence-electron chi connectivity index (χ1n) is 4.28. The van der Waals surface area contributed by atoms with Crippen molar-refractivity contribution in [2.45, 2.75) is 13.8 Å². The van der Waals surface area contributed by atoms with Gasteiger partial charge in [0.1, 0.15) is 0 Å². The fourth-order valence-electron chi connectivity index (χ4n) is 1.25. The van der Waals surface area contributed by atoms with Crippen molar-refractivity contribution < 1.29 is 0 Å². The average Bonchev–Trinajstić information content (AvgIpc) is 2.50. The van der Waals surface area contributed by atoms with Crippen LogP contribution in [0.5, 0.6) is 0 Å². The molecular weight excluding hydrogens is 272 g/mol. The zero-order valence-electron chi connectivity index (χ0n) is 8.37. The Morgan fingerprint density at radius 1 is 1.06 bits per heavy atom. The molecule has 8 heteroatoms. The molecule has 0 unspecified atom stereocenters. The van der Waals surface area contributed by atoms with E-state index >= 15 is 0 Å². The standard InChI is InChI=1S/C8H6Cl3N5/c1-3-5(9)4(2)16(15-3)7-6(10)13-14-8(11)12-7/h1-2H3. The third-order valence-corrected chi connectivity index (χ3v) is 2.96. The van der Waals surface area contributed by atoms with Crippen molar-refractivity contribution in [1.82, 2.24) is 25.0 Å². The van der Waals surface area contributed by atoms with Gasteiger partial charge >= 0.3 is 0 Å². The molecule has 0 aliphatic carbocycles. The molecule has 0 amide bonds. The Morgan fingerprint density at radius 3 is 2.31 bits per heavy atom. The van der Waals surface area contributed by atoms with Gasteiger partial charge in [-0.05, 0) is 25.4 Å². The minimum Gasteiger partial charge on any atom is -0.215 e. The molecule has 0 radical (unpaired) electrons. The summed E-state index contributed by atoms with van der Waals surface area (Å²) in [5.41, 5.74) is 1.41. The number of halogens is 3. The van der Waals surface area contributed by atoms with Crippen molar-refractivity contribution in [2.75, 3.05) is 0 Å². The molecular formula is C8H6Cl3N5. The fourth-order valence-corrected chi connectivity index (χ4v) is 1.65. The van der Waals surface area contributed by atoms with Gasteiger partial charge in [0.25, 0.3) is 0 Å². The van der Waals surface area contributed by atoms with Crippen LogP contribution in [0.15, 0.2) is 0 Å². The number of hydrogen-bond acceptors (Lipinski definition) is 4. The highest BCUT2D eigenvalue weighted by Crippen LogP contribution is 2.24. The predicted octanol–water partition coefficient (Wildman–Crippen LogP) is 2.63. The van der Waals surface area contributed by atoms with Crippen LogP contribution in [-0.2, 0) is 0 Å². The van der Waals surface area contributed by atoms with E-state index in [1.165, 1.54) is 4.68 Å². The van der Waals surface area contributed by atoms with E-state index in [4.69, 9.17) is 34.8 Å². The number of aryl methyl sites for hydroxylation is 1. The monoisotopic (exact) mass is 277 g/mol. The van der Waals surface area contributed by atoms with Gasteiger partial charge in [-0.1, -0.05) is 23.2 Å². The molecule has 0 atom stereocenters. The minimum absolute atomic E-state index is 0.00285. The predicted molar refractivity (Wildman–Crippen MR) is 61.5 cm³/mol. The third-order valence-electron chi connectivity index (χ3n) is 2.01. The van der Waals surface area contributed by atoms with Crippen LogP contribution in [0.25, 0.3) is 5.82 Å². The molecule has 5 nitrogen and oxygen atoms in total. The van der Waals surface area contributed by atoms with Gasteiger partial charge in [-0.15, -0.1) is 10.2 Å². The molecule has 0 saturated carbocycles. The Bertz CT molecular complexity index is 551. The molecule has 84 valence electrons. The lowest BCUT2D eigenvalue weighted by Gasteiger charge is -2.03. The van der Waals surface area contributed by atoms with Gasteiger partial charge in [-0.25, -0.2) is 4.68 Å². The van der Waals surface area contributed by atoms with Crippen LogP contribution in [0.3, 0.4) is 0 Å². The lowest BCUT2D eigenvalue weighted by Crippen LogP contribution is -2.05. The van der Waals surface area contributed by atoms with Crippen molar-refractivity contribution in [2.24, 2.45) is 0 Å². The quantitative estimate of drug-likeness (QED) is 0.804. The normalized spacial score (nSPS) is 10.8. The molecule has 0 fully saturated rings.